The van der Waals surface area contributed by atoms with Gasteiger partial charge < -0.3 is 10.2 Å². The molecule has 2 aromatic heterocycles. The number of thiophene rings is 1. The summed E-state index contributed by atoms with van der Waals surface area (Å²) in [5.41, 5.74) is 3.09. The average molecular weight is 356 g/mol. The van der Waals surface area contributed by atoms with E-state index >= 15 is 0 Å². The van der Waals surface area contributed by atoms with E-state index in [2.05, 4.69) is 63.9 Å². The maximum Gasteiger partial charge on any atom is 0.263 e. The van der Waals surface area contributed by atoms with Gasteiger partial charge in [-0.1, -0.05) is 12.1 Å². The number of nitrogens with one attached hydrogen (secondary N) is 1. The number of anilines is 1. The van der Waals surface area contributed by atoms with Crippen molar-refractivity contribution in [3.8, 4) is 5.69 Å². The number of hydrogen-bond donors (Lipinski definition) is 1. The van der Waals surface area contributed by atoms with Gasteiger partial charge in [0.15, 0.2) is 0 Å². The number of carbonyl (C=O) groups excluding carboxylic acids is 1. The molecular formula is C17H20N6OS. The Morgan fingerprint density at radius 1 is 1.36 bits per heavy atom. The molecule has 0 radical (unpaired) electrons. The molecule has 0 aliphatic rings. The minimum absolute atomic E-state index is 0.110. The summed E-state index contributed by atoms with van der Waals surface area (Å²) in [6, 6.07) is 10.2. The Morgan fingerprint density at radius 2 is 2.24 bits per heavy atom. The summed E-state index contributed by atoms with van der Waals surface area (Å²) in [6.07, 6.45) is 1.48. The standard InChI is InChI=1S/C17H20N6OS/c1-3-22(14-6-4-5-13(2)11-14)9-8-18-17(24)16-15(7-10-25-16)23-12-19-20-21-23/h4-7,10-12H,3,8-9H2,1-2H3,(H,18,24). The number of carbonyl (C=O) groups is 1. The van der Waals surface area contributed by atoms with E-state index in [-0.39, 0.29) is 5.91 Å². The quantitative estimate of drug-likeness (QED) is 0.703. The number of rotatable bonds is 7. The summed E-state index contributed by atoms with van der Waals surface area (Å²) in [7, 11) is 0. The average Bonchev–Trinajstić information content (AvgIpc) is 3.29. The van der Waals surface area contributed by atoms with Crippen LogP contribution in [0, 0.1) is 6.92 Å². The Kier molecular flexibility index (Phi) is 5.39. The van der Waals surface area contributed by atoms with Gasteiger partial charge in [0.25, 0.3) is 5.91 Å². The van der Waals surface area contributed by atoms with Gasteiger partial charge in [-0.05, 0) is 53.4 Å². The maximum absolute atomic E-state index is 12.5. The summed E-state index contributed by atoms with van der Waals surface area (Å²) in [6.45, 7) is 6.38. The topological polar surface area (TPSA) is 75.9 Å². The van der Waals surface area contributed by atoms with E-state index in [0.717, 1.165) is 13.1 Å². The predicted octanol–water partition coefficient (Wildman–Crippen LogP) is 2.29. The van der Waals surface area contributed by atoms with E-state index in [9.17, 15) is 4.79 Å². The molecule has 0 saturated heterocycles. The Balaban J connectivity index is 1.60. The van der Waals surface area contributed by atoms with E-state index in [4.69, 9.17) is 0 Å². The van der Waals surface area contributed by atoms with Crippen LogP contribution in [0.5, 0.6) is 0 Å². The molecule has 0 saturated carbocycles. The third kappa shape index (κ3) is 4.03. The highest BCUT2D eigenvalue weighted by Gasteiger charge is 2.15. The molecule has 7 nitrogen and oxygen atoms in total. The number of tetrazole rings is 1. The molecule has 0 atom stereocenters. The molecule has 130 valence electrons. The first kappa shape index (κ1) is 17.1. The number of benzene rings is 1. The lowest BCUT2D eigenvalue weighted by atomic mass is 10.2. The van der Waals surface area contributed by atoms with Crippen molar-refractivity contribution < 1.29 is 4.79 Å². The van der Waals surface area contributed by atoms with Crippen molar-refractivity contribution in [3.63, 3.8) is 0 Å². The van der Waals surface area contributed by atoms with Gasteiger partial charge in [-0.25, -0.2) is 0 Å². The monoisotopic (exact) mass is 356 g/mol. The normalized spacial score (nSPS) is 10.6. The van der Waals surface area contributed by atoms with Crippen LogP contribution in [0.1, 0.15) is 22.2 Å². The van der Waals surface area contributed by atoms with Gasteiger partial charge in [0.2, 0.25) is 0 Å². The lowest BCUT2D eigenvalue weighted by molar-refractivity contribution is 0.0958. The SMILES string of the molecule is CCN(CCNC(=O)c1sccc1-n1cnnn1)c1cccc(C)c1. The minimum Gasteiger partial charge on any atom is -0.370 e. The zero-order valence-corrected chi connectivity index (χ0v) is 15.0. The molecule has 3 rings (SSSR count). The van der Waals surface area contributed by atoms with Crippen LogP contribution in [0.3, 0.4) is 0 Å². The van der Waals surface area contributed by atoms with Gasteiger partial charge >= 0.3 is 0 Å². The fourth-order valence-corrected chi connectivity index (χ4v) is 3.40. The van der Waals surface area contributed by atoms with Gasteiger partial charge in [0, 0.05) is 25.3 Å². The second-order valence-corrected chi connectivity index (χ2v) is 6.48. The molecule has 0 aliphatic heterocycles. The number of hydrogen-bond acceptors (Lipinski definition) is 6. The van der Waals surface area contributed by atoms with Crippen LogP contribution in [0.2, 0.25) is 0 Å². The summed E-state index contributed by atoms with van der Waals surface area (Å²) < 4.78 is 1.50. The van der Waals surface area contributed by atoms with E-state index in [1.54, 1.807) is 0 Å². The van der Waals surface area contributed by atoms with Crippen LogP contribution in [0.25, 0.3) is 5.69 Å². The fraction of sp³-hybridized carbons (Fsp3) is 0.294. The molecule has 8 heteroatoms. The predicted molar refractivity (Wildman–Crippen MR) is 98.4 cm³/mol. The van der Waals surface area contributed by atoms with Crippen molar-refractivity contribution in [2.75, 3.05) is 24.5 Å². The van der Waals surface area contributed by atoms with Crippen LogP contribution in [-0.4, -0.2) is 45.7 Å². The molecule has 0 unspecified atom stereocenters. The number of nitrogens with zero attached hydrogens (tertiary/aromatic N) is 5. The molecular weight excluding hydrogens is 336 g/mol. The lowest BCUT2D eigenvalue weighted by Crippen LogP contribution is -2.35. The van der Waals surface area contributed by atoms with Crippen LogP contribution in [0.15, 0.2) is 42.0 Å². The Bertz CT molecular complexity index is 829. The number of amides is 1. The van der Waals surface area contributed by atoms with Crippen molar-refractivity contribution in [2.45, 2.75) is 13.8 Å². The van der Waals surface area contributed by atoms with Gasteiger partial charge in [0.05, 0.1) is 5.69 Å². The van der Waals surface area contributed by atoms with Crippen molar-refractivity contribution >= 4 is 22.9 Å². The summed E-state index contributed by atoms with van der Waals surface area (Å²) in [4.78, 5) is 15.3. The third-order valence-electron chi connectivity index (χ3n) is 3.86. The first-order valence-corrected chi connectivity index (χ1v) is 8.97. The molecule has 0 fully saturated rings. The molecule has 1 N–H and O–H groups in total. The molecule has 25 heavy (non-hydrogen) atoms. The van der Waals surface area contributed by atoms with Gasteiger partial charge in [0.1, 0.15) is 11.2 Å². The summed E-state index contributed by atoms with van der Waals surface area (Å²) >= 11 is 1.38. The van der Waals surface area contributed by atoms with E-state index < -0.39 is 0 Å². The lowest BCUT2D eigenvalue weighted by Gasteiger charge is -2.23. The van der Waals surface area contributed by atoms with Crippen LogP contribution in [-0.2, 0) is 0 Å². The zero-order valence-electron chi connectivity index (χ0n) is 14.2. The minimum atomic E-state index is -0.110. The Hall–Kier alpha value is -2.74. The van der Waals surface area contributed by atoms with E-state index in [1.165, 1.54) is 33.6 Å². The van der Waals surface area contributed by atoms with Crippen LogP contribution < -0.4 is 10.2 Å². The molecule has 0 bridgehead atoms. The van der Waals surface area contributed by atoms with Gasteiger partial charge in [-0.15, -0.1) is 16.4 Å². The van der Waals surface area contributed by atoms with Crippen LogP contribution in [0.4, 0.5) is 5.69 Å². The highest BCUT2D eigenvalue weighted by atomic mass is 32.1. The van der Waals surface area contributed by atoms with E-state index in [0.29, 0.717) is 17.1 Å². The van der Waals surface area contributed by atoms with Crippen molar-refractivity contribution in [3.05, 3.63) is 52.5 Å². The molecule has 1 amide bonds. The van der Waals surface area contributed by atoms with Crippen molar-refractivity contribution in [1.29, 1.82) is 0 Å². The molecule has 0 aliphatic carbocycles. The highest BCUT2D eigenvalue weighted by Crippen LogP contribution is 2.20. The highest BCUT2D eigenvalue weighted by molar-refractivity contribution is 7.12. The smallest absolute Gasteiger partial charge is 0.263 e. The first-order chi connectivity index (χ1) is 12.2. The zero-order chi connectivity index (χ0) is 17.6. The summed E-state index contributed by atoms with van der Waals surface area (Å²) in [5.74, 6) is -0.110. The van der Waals surface area contributed by atoms with Crippen LogP contribution >= 0.6 is 11.3 Å². The molecule has 0 spiro atoms. The second-order valence-electron chi connectivity index (χ2n) is 5.56. The van der Waals surface area contributed by atoms with Gasteiger partial charge in [-0.2, -0.15) is 4.68 Å². The van der Waals surface area contributed by atoms with Crippen molar-refractivity contribution in [1.82, 2.24) is 25.5 Å². The molecule has 2 heterocycles. The second kappa shape index (κ2) is 7.89. The third-order valence-corrected chi connectivity index (χ3v) is 4.76. The number of aryl methyl sites for hydroxylation is 1. The number of aromatic nitrogens is 4. The largest absolute Gasteiger partial charge is 0.370 e. The van der Waals surface area contributed by atoms with E-state index in [1.807, 2.05) is 11.4 Å². The molecule has 1 aromatic carbocycles. The summed E-state index contributed by atoms with van der Waals surface area (Å²) in [5, 5.41) is 15.9. The Morgan fingerprint density at radius 3 is 2.96 bits per heavy atom. The van der Waals surface area contributed by atoms with Crippen molar-refractivity contribution in [2.24, 2.45) is 0 Å². The molecule has 3 aromatic rings. The number of likely N-dealkylation sites (N-methyl/N-ethyl adjacent to an activating group) is 1. The maximum atomic E-state index is 12.5. The fourth-order valence-electron chi connectivity index (χ4n) is 2.60. The Labute approximate surface area is 150 Å². The first-order valence-electron chi connectivity index (χ1n) is 8.09. The van der Waals surface area contributed by atoms with Gasteiger partial charge in [-0.3, -0.25) is 4.79 Å².